The smallest absolute Gasteiger partial charge is 0.192 e. The SMILES string of the molecule is CS(=O)(=O)c1ccc(Sc2ncc(CO)cn2)cc1. The average Bonchev–Trinajstić information content (AvgIpc) is 2.39. The fraction of sp³-hybridized carbons (Fsp3) is 0.167. The van der Waals surface area contributed by atoms with Crippen LogP contribution in [0, 0.1) is 0 Å². The number of hydrogen-bond donors (Lipinski definition) is 1. The van der Waals surface area contributed by atoms with Crippen molar-refractivity contribution in [2.45, 2.75) is 21.6 Å². The van der Waals surface area contributed by atoms with Crippen molar-refractivity contribution >= 4 is 21.6 Å². The van der Waals surface area contributed by atoms with Gasteiger partial charge in [0, 0.05) is 29.1 Å². The third-order valence-electron chi connectivity index (χ3n) is 2.33. The Labute approximate surface area is 115 Å². The third kappa shape index (κ3) is 3.76. The zero-order valence-electron chi connectivity index (χ0n) is 10.1. The molecule has 0 aliphatic carbocycles. The van der Waals surface area contributed by atoms with Crippen molar-refractivity contribution in [1.82, 2.24) is 9.97 Å². The number of benzene rings is 1. The Morgan fingerprint density at radius 1 is 1.16 bits per heavy atom. The molecular weight excluding hydrogens is 284 g/mol. The summed E-state index contributed by atoms with van der Waals surface area (Å²) in [6.45, 7) is -0.0893. The van der Waals surface area contributed by atoms with Crippen LogP contribution in [0.15, 0.2) is 51.6 Å². The van der Waals surface area contributed by atoms with Crippen molar-refractivity contribution in [2.24, 2.45) is 0 Å². The molecule has 100 valence electrons. The van der Waals surface area contributed by atoms with Gasteiger partial charge in [-0.2, -0.15) is 0 Å². The monoisotopic (exact) mass is 296 g/mol. The van der Waals surface area contributed by atoms with Gasteiger partial charge in [-0.05, 0) is 36.0 Å². The lowest BCUT2D eigenvalue weighted by molar-refractivity contribution is 0.280. The predicted molar refractivity (Wildman–Crippen MR) is 71.6 cm³/mol. The maximum atomic E-state index is 11.3. The number of hydrogen-bond acceptors (Lipinski definition) is 6. The van der Waals surface area contributed by atoms with Gasteiger partial charge < -0.3 is 5.11 Å². The molecule has 0 unspecified atom stereocenters. The Morgan fingerprint density at radius 3 is 2.21 bits per heavy atom. The summed E-state index contributed by atoms with van der Waals surface area (Å²) in [5, 5.41) is 9.43. The Hall–Kier alpha value is -1.44. The number of nitrogens with zero attached hydrogens (tertiary/aromatic N) is 2. The minimum absolute atomic E-state index is 0.0893. The van der Waals surface area contributed by atoms with Gasteiger partial charge in [0.1, 0.15) is 0 Å². The molecule has 0 fully saturated rings. The maximum Gasteiger partial charge on any atom is 0.192 e. The summed E-state index contributed by atoms with van der Waals surface area (Å²) in [5.41, 5.74) is 0.650. The van der Waals surface area contributed by atoms with Gasteiger partial charge in [0.25, 0.3) is 0 Å². The Kier molecular flexibility index (Phi) is 4.18. The lowest BCUT2D eigenvalue weighted by Gasteiger charge is -2.02. The van der Waals surface area contributed by atoms with Crippen molar-refractivity contribution in [3.63, 3.8) is 0 Å². The van der Waals surface area contributed by atoms with Crippen LogP contribution in [0.3, 0.4) is 0 Å². The first kappa shape index (κ1) is 14.0. The lowest BCUT2D eigenvalue weighted by atomic mass is 10.4. The largest absolute Gasteiger partial charge is 0.392 e. The highest BCUT2D eigenvalue weighted by molar-refractivity contribution is 7.99. The fourth-order valence-corrected chi connectivity index (χ4v) is 2.66. The summed E-state index contributed by atoms with van der Waals surface area (Å²) in [5.74, 6) is 0. The van der Waals surface area contributed by atoms with Gasteiger partial charge in [0.05, 0.1) is 11.5 Å². The van der Waals surface area contributed by atoms with E-state index in [0.29, 0.717) is 10.7 Å². The fourth-order valence-electron chi connectivity index (χ4n) is 1.34. The van der Waals surface area contributed by atoms with Gasteiger partial charge in [0.2, 0.25) is 0 Å². The van der Waals surface area contributed by atoms with Crippen molar-refractivity contribution < 1.29 is 13.5 Å². The Morgan fingerprint density at radius 2 is 1.74 bits per heavy atom. The zero-order valence-corrected chi connectivity index (χ0v) is 11.8. The summed E-state index contributed by atoms with van der Waals surface area (Å²) in [6.07, 6.45) is 4.28. The minimum atomic E-state index is -3.17. The molecule has 0 saturated carbocycles. The summed E-state index contributed by atoms with van der Waals surface area (Å²) < 4.78 is 22.6. The van der Waals surface area contributed by atoms with Gasteiger partial charge in [0.15, 0.2) is 15.0 Å². The van der Waals surface area contributed by atoms with Crippen LogP contribution in [0.5, 0.6) is 0 Å². The predicted octanol–water partition coefficient (Wildman–Crippen LogP) is 1.52. The molecule has 0 spiro atoms. The van der Waals surface area contributed by atoms with E-state index < -0.39 is 9.84 Å². The lowest BCUT2D eigenvalue weighted by Crippen LogP contribution is -1.96. The van der Waals surface area contributed by atoms with E-state index >= 15 is 0 Å². The third-order valence-corrected chi connectivity index (χ3v) is 4.35. The Balaban J connectivity index is 2.15. The number of aliphatic hydroxyl groups excluding tert-OH is 1. The van der Waals surface area contributed by atoms with Crippen molar-refractivity contribution in [1.29, 1.82) is 0 Å². The summed E-state index contributed by atoms with van der Waals surface area (Å²) in [6, 6.07) is 6.54. The van der Waals surface area contributed by atoms with E-state index in [4.69, 9.17) is 5.11 Å². The highest BCUT2D eigenvalue weighted by atomic mass is 32.2. The normalized spacial score (nSPS) is 11.5. The second-order valence-corrected chi connectivity index (χ2v) is 6.93. The number of aliphatic hydroxyl groups is 1. The molecule has 7 heteroatoms. The molecule has 5 nitrogen and oxygen atoms in total. The van der Waals surface area contributed by atoms with Gasteiger partial charge in [-0.1, -0.05) is 0 Å². The van der Waals surface area contributed by atoms with Crippen molar-refractivity contribution in [3.8, 4) is 0 Å². The molecule has 1 aromatic heterocycles. The number of rotatable bonds is 4. The highest BCUT2D eigenvalue weighted by Crippen LogP contribution is 2.25. The van der Waals surface area contributed by atoms with Gasteiger partial charge in [-0.3, -0.25) is 0 Å². The van der Waals surface area contributed by atoms with E-state index in [1.807, 2.05) is 0 Å². The van der Waals surface area contributed by atoms with E-state index in [0.717, 1.165) is 4.90 Å². The molecule has 2 rings (SSSR count). The standard InChI is InChI=1S/C12H12N2O3S2/c1-19(16,17)11-4-2-10(3-5-11)18-12-13-6-9(8-15)7-14-12/h2-7,15H,8H2,1H3. The van der Waals surface area contributed by atoms with Crippen molar-refractivity contribution in [2.75, 3.05) is 6.26 Å². The second-order valence-electron chi connectivity index (χ2n) is 3.88. The van der Waals surface area contributed by atoms with E-state index in [-0.39, 0.29) is 11.5 Å². The minimum Gasteiger partial charge on any atom is -0.392 e. The zero-order chi connectivity index (χ0) is 13.9. The molecule has 0 bridgehead atoms. The molecule has 0 saturated heterocycles. The molecule has 1 N–H and O–H groups in total. The average molecular weight is 296 g/mol. The maximum absolute atomic E-state index is 11.3. The summed E-state index contributed by atoms with van der Waals surface area (Å²) in [7, 11) is -3.17. The van der Waals surface area contributed by atoms with E-state index in [9.17, 15) is 8.42 Å². The molecule has 0 aliphatic rings. The molecule has 1 heterocycles. The van der Waals surface area contributed by atoms with E-state index in [1.165, 1.54) is 18.0 Å². The molecule has 0 atom stereocenters. The molecule has 0 radical (unpaired) electrons. The Bertz CT molecular complexity index is 652. The van der Waals surface area contributed by atoms with Gasteiger partial charge in [-0.25, -0.2) is 18.4 Å². The van der Waals surface area contributed by atoms with Crippen LogP contribution >= 0.6 is 11.8 Å². The first-order valence-electron chi connectivity index (χ1n) is 5.39. The highest BCUT2D eigenvalue weighted by Gasteiger charge is 2.07. The van der Waals surface area contributed by atoms with Crippen LogP contribution in [0.4, 0.5) is 0 Å². The number of sulfone groups is 1. The number of aromatic nitrogens is 2. The summed E-state index contributed by atoms with van der Waals surface area (Å²) in [4.78, 5) is 9.32. The van der Waals surface area contributed by atoms with Crippen LogP contribution in [0.1, 0.15) is 5.56 Å². The van der Waals surface area contributed by atoms with E-state index in [1.54, 1.807) is 36.7 Å². The molecular formula is C12H12N2O3S2. The summed E-state index contributed by atoms with van der Waals surface area (Å²) >= 11 is 1.33. The van der Waals surface area contributed by atoms with E-state index in [2.05, 4.69) is 9.97 Å². The van der Waals surface area contributed by atoms with Crippen LogP contribution < -0.4 is 0 Å². The molecule has 0 amide bonds. The molecule has 2 aromatic rings. The van der Waals surface area contributed by atoms with Crippen LogP contribution in [-0.4, -0.2) is 29.7 Å². The van der Waals surface area contributed by atoms with Crippen LogP contribution in [0.25, 0.3) is 0 Å². The molecule has 0 aliphatic heterocycles. The first-order chi connectivity index (χ1) is 8.99. The van der Waals surface area contributed by atoms with Gasteiger partial charge in [-0.15, -0.1) is 0 Å². The quantitative estimate of drug-likeness (QED) is 0.862. The molecule has 1 aromatic carbocycles. The molecule has 19 heavy (non-hydrogen) atoms. The van der Waals surface area contributed by atoms with Crippen LogP contribution in [0.2, 0.25) is 0 Å². The second kappa shape index (κ2) is 5.68. The van der Waals surface area contributed by atoms with Crippen molar-refractivity contribution in [3.05, 3.63) is 42.2 Å². The van der Waals surface area contributed by atoms with Crippen LogP contribution in [-0.2, 0) is 16.4 Å². The van der Waals surface area contributed by atoms with Gasteiger partial charge >= 0.3 is 0 Å². The first-order valence-corrected chi connectivity index (χ1v) is 8.09. The topological polar surface area (TPSA) is 80.2 Å².